The summed E-state index contributed by atoms with van der Waals surface area (Å²) in [5, 5.41) is 0. The molecule has 1 heteroatoms. The van der Waals surface area contributed by atoms with E-state index >= 15 is 0 Å². The van der Waals surface area contributed by atoms with Crippen LogP contribution in [0.25, 0.3) is 0 Å². The van der Waals surface area contributed by atoms with Gasteiger partial charge in [0.25, 0.3) is 0 Å². The third kappa shape index (κ3) is 1.59. The smallest absolute Gasteiger partial charge is 0.123 e. The number of hydrogen-bond acceptors (Lipinski definition) is 1. The Hall–Kier alpha value is -1.24. The molecule has 0 N–H and O–H groups in total. The highest BCUT2D eigenvalue weighted by Gasteiger charge is 2.13. The lowest BCUT2D eigenvalue weighted by Gasteiger charge is -2.20. The van der Waals surface area contributed by atoms with E-state index in [4.69, 9.17) is 4.74 Å². The van der Waals surface area contributed by atoms with Crippen molar-refractivity contribution in [2.45, 2.75) is 20.3 Å². The monoisotopic (exact) mass is 174 g/mol. The molecule has 2 rings (SSSR count). The zero-order chi connectivity index (χ0) is 9.26. The van der Waals surface area contributed by atoms with Gasteiger partial charge in [-0.25, -0.2) is 0 Å². The SMILES string of the molecule is CC(C)=C1COc2ccccc2C1. The van der Waals surface area contributed by atoms with Crippen LogP contribution >= 0.6 is 0 Å². The van der Waals surface area contributed by atoms with Gasteiger partial charge in [0, 0.05) is 6.42 Å². The summed E-state index contributed by atoms with van der Waals surface area (Å²) < 4.78 is 5.64. The Morgan fingerprint density at radius 3 is 2.77 bits per heavy atom. The standard InChI is InChI=1S/C12H14O/c1-9(2)11-7-10-5-3-4-6-12(10)13-8-11/h3-6H,7-8H2,1-2H3. The minimum absolute atomic E-state index is 0.763. The molecular formula is C12H14O. The second kappa shape index (κ2) is 3.25. The van der Waals surface area contributed by atoms with Gasteiger partial charge in [-0.15, -0.1) is 0 Å². The van der Waals surface area contributed by atoms with Crippen LogP contribution in [0.2, 0.25) is 0 Å². The van der Waals surface area contributed by atoms with E-state index in [1.807, 2.05) is 12.1 Å². The summed E-state index contributed by atoms with van der Waals surface area (Å²) >= 11 is 0. The zero-order valence-electron chi connectivity index (χ0n) is 8.13. The van der Waals surface area contributed by atoms with Gasteiger partial charge < -0.3 is 4.74 Å². The molecule has 0 fully saturated rings. The molecule has 1 aliphatic rings. The number of fused-ring (bicyclic) bond motifs is 1. The number of allylic oxidation sites excluding steroid dienone is 1. The van der Waals surface area contributed by atoms with Gasteiger partial charge in [-0.3, -0.25) is 0 Å². The average Bonchev–Trinajstić information content (AvgIpc) is 2.17. The molecule has 1 nitrogen and oxygen atoms in total. The highest BCUT2D eigenvalue weighted by Crippen LogP contribution is 2.27. The van der Waals surface area contributed by atoms with E-state index in [1.54, 1.807) is 0 Å². The van der Waals surface area contributed by atoms with Gasteiger partial charge in [0.1, 0.15) is 12.4 Å². The van der Waals surface area contributed by atoms with Gasteiger partial charge in [-0.1, -0.05) is 23.8 Å². The van der Waals surface area contributed by atoms with Crippen molar-refractivity contribution in [3.63, 3.8) is 0 Å². The topological polar surface area (TPSA) is 9.23 Å². The molecule has 1 heterocycles. The Balaban J connectivity index is 2.35. The summed E-state index contributed by atoms with van der Waals surface area (Å²) in [4.78, 5) is 0. The first-order valence-corrected chi connectivity index (χ1v) is 4.63. The van der Waals surface area contributed by atoms with Gasteiger partial charge in [-0.2, -0.15) is 0 Å². The maximum absolute atomic E-state index is 5.64. The Kier molecular flexibility index (Phi) is 2.09. The molecule has 0 saturated carbocycles. The predicted octanol–water partition coefficient (Wildman–Crippen LogP) is 2.96. The zero-order valence-corrected chi connectivity index (χ0v) is 8.13. The fourth-order valence-corrected chi connectivity index (χ4v) is 1.56. The lowest BCUT2D eigenvalue weighted by atomic mass is 9.99. The summed E-state index contributed by atoms with van der Waals surface area (Å²) in [6, 6.07) is 8.26. The van der Waals surface area contributed by atoms with Crippen LogP contribution in [-0.4, -0.2) is 6.61 Å². The first-order chi connectivity index (χ1) is 6.27. The van der Waals surface area contributed by atoms with Crippen LogP contribution < -0.4 is 4.74 Å². The molecule has 13 heavy (non-hydrogen) atoms. The lowest BCUT2D eigenvalue weighted by molar-refractivity contribution is 0.330. The van der Waals surface area contributed by atoms with Crippen molar-refractivity contribution in [1.29, 1.82) is 0 Å². The van der Waals surface area contributed by atoms with Gasteiger partial charge in [0.2, 0.25) is 0 Å². The molecule has 0 saturated heterocycles. The van der Waals surface area contributed by atoms with Crippen molar-refractivity contribution in [1.82, 2.24) is 0 Å². The van der Waals surface area contributed by atoms with Crippen LogP contribution in [0.5, 0.6) is 5.75 Å². The summed E-state index contributed by atoms with van der Waals surface area (Å²) in [6.07, 6.45) is 1.05. The Labute approximate surface area is 79.0 Å². The fourth-order valence-electron chi connectivity index (χ4n) is 1.56. The second-order valence-corrected chi connectivity index (χ2v) is 3.68. The molecule has 0 amide bonds. The quantitative estimate of drug-likeness (QED) is 0.549. The van der Waals surface area contributed by atoms with Crippen molar-refractivity contribution < 1.29 is 4.74 Å². The largest absolute Gasteiger partial charge is 0.489 e. The highest BCUT2D eigenvalue weighted by molar-refractivity contribution is 5.40. The molecule has 1 aliphatic heterocycles. The first kappa shape index (κ1) is 8.36. The summed E-state index contributed by atoms with van der Waals surface area (Å²) in [7, 11) is 0. The number of benzene rings is 1. The van der Waals surface area contributed by atoms with Gasteiger partial charge >= 0.3 is 0 Å². The Morgan fingerprint density at radius 2 is 2.00 bits per heavy atom. The van der Waals surface area contributed by atoms with Crippen molar-refractivity contribution in [2.75, 3.05) is 6.61 Å². The molecule has 0 aliphatic carbocycles. The summed E-state index contributed by atoms with van der Waals surface area (Å²) in [5.74, 6) is 1.05. The van der Waals surface area contributed by atoms with Crippen LogP contribution in [0.15, 0.2) is 35.4 Å². The predicted molar refractivity (Wildman–Crippen MR) is 54.0 cm³/mol. The molecular weight excluding hydrogens is 160 g/mol. The fraction of sp³-hybridized carbons (Fsp3) is 0.333. The van der Waals surface area contributed by atoms with Gasteiger partial charge in [0.05, 0.1) is 0 Å². The van der Waals surface area contributed by atoms with E-state index in [-0.39, 0.29) is 0 Å². The van der Waals surface area contributed by atoms with E-state index in [0.29, 0.717) is 0 Å². The third-order valence-corrected chi connectivity index (χ3v) is 2.49. The lowest BCUT2D eigenvalue weighted by Crippen LogP contribution is -2.12. The summed E-state index contributed by atoms with van der Waals surface area (Å²) in [5.41, 5.74) is 4.11. The number of rotatable bonds is 0. The summed E-state index contributed by atoms with van der Waals surface area (Å²) in [6.45, 7) is 5.05. The number of ether oxygens (including phenoxy) is 1. The minimum Gasteiger partial charge on any atom is -0.489 e. The van der Waals surface area contributed by atoms with Crippen LogP contribution in [0, 0.1) is 0 Å². The third-order valence-electron chi connectivity index (χ3n) is 2.49. The Morgan fingerprint density at radius 1 is 1.23 bits per heavy atom. The minimum atomic E-state index is 0.763. The van der Waals surface area contributed by atoms with Crippen molar-refractivity contribution in [3.05, 3.63) is 41.0 Å². The molecule has 68 valence electrons. The van der Waals surface area contributed by atoms with E-state index in [1.165, 1.54) is 16.7 Å². The van der Waals surface area contributed by atoms with Crippen molar-refractivity contribution >= 4 is 0 Å². The molecule has 0 spiro atoms. The van der Waals surface area contributed by atoms with E-state index in [9.17, 15) is 0 Å². The highest BCUT2D eigenvalue weighted by atomic mass is 16.5. The molecule has 0 atom stereocenters. The maximum atomic E-state index is 5.64. The van der Waals surface area contributed by atoms with Crippen LogP contribution in [0.1, 0.15) is 19.4 Å². The van der Waals surface area contributed by atoms with Crippen molar-refractivity contribution in [2.24, 2.45) is 0 Å². The van der Waals surface area contributed by atoms with Gasteiger partial charge in [-0.05, 0) is 31.1 Å². The number of hydrogen-bond donors (Lipinski definition) is 0. The molecule has 0 unspecified atom stereocenters. The molecule has 0 radical (unpaired) electrons. The van der Waals surface area contributed by atoms with Crippen molar-refractivity contribution in [3.8, 4) is 5.75 Å². The first-order valence-electron chi connectivity index (χ1n) is 4.63. The second-order valence-electron chi connectivity index (χ2n) is 3.68. The van der Waals surface area contributed by atoms with Crippen LogP contribution in [0.3, 0.4) is 0 Å². The van der Waals surface area contributed by atoms with Gasteiger partial charge in [0.15, 0.2) is 0 Å². The van der Waals surface area contributed by atoms with Crippen LogP contribution in [0.4, 0.5) is 0 Å². The van der Waals surface area contributed by atoms with Crippen LogP contribution in [-0.2, 0) is 6.42 Å². The Bertz CT molecular complexity index is 346. The van der Waals surface area contributed by atoms with E-state index in [2.05, 4.69) is 26.0 Å². The normalized spacial score (nSPS) is 14.8. The van der Waals surface area contributed by atoms with E-state index in [0.717, 1.165) is 18.8 Å². The van der Waals surface area contributed by atoms with E-state index < -0.39 is 0 Å². The molecule has 1 aromatic rings. The number of para-hydroxylation sites is 1. The molecule has 1 aromatic carbocycles. The average molecular weight is 174 g/mol. The molecule has 0 aromatic heterocycles. The molecule has 0 bridgehead atoms. The maximum Gasteiger partial charge on any atom is 0.123 e.